The number of fused-ring (bicyclic) bond motifs is 1. The fourth-order valence-electron chi connectivity index (χ4n) is 5.12. The molecule has 1 saturated carbocycles. The summed E-state index contributed by atoms with van der Waals surface area (Å²) in [5.41, 5.74) is 2.52. The van der Waals surface area contributed by atoms with Gasteiger partial charge in [-0.3, -0.25) is 9.59 Å². The summed E-state index contributed by atoms with van der Waals surface area (Å²) in [6.07, 6.45) is 4.69. The van der Waals surface area contributed by atoms with E-state index in [4.69, 9.17) is 9.15 Å². The summed E-state index contributed by atoms with van der Waals surface area (Å²) in [6.45, 7) is 2.08. The van der Waals surface area contributed by atoms with Crippen molar-refractivity contribution in [2.75, 3.05) is 7.11 Å². The van der Waals surface area contributed by atoms with Crippen LogP contribution < -0.4 is 4.74 Å². The van der Waals surface area contributed by atoms with Crippen LogP contribution in [-0.4, -0.2) is 34.8 Å². The van der Waals surface area contributed by atoms with Crippen molar-refractivity contribution in [2.24, 2.45) is 0 Å². The molecule has 1 aliphatic carbocycles. The fourth-order valence-corrected chi connectivity index (χ4v) is 5.12. The number of ether oxygens (including phenoxy) is 1. The second-order valence-corrected chi connectivity index (χ2v) is 8.73. The zero-order chi connectivity index (χ0) is 23.1. The van der Waals surface area contributed by atoms with Gasteiger partial charge in [0, 0.05) is 11.4 Å². The molecule has 2 heterocycles. The molecule has 1 N–H and O–H groups in total. The summed E-state index contributed by atoms with van der Waals surface area (Å²) in [5.74, 6) is -0.851. The number of aliphatic hydroxyl groups is 1. The number of aliphatic hydroxyl groups excluding tert-OH is 1. The maximum atomic E-state index is 13.7. The van der Waals surface area contributed by atoms with E-state index in [0.29, 0.717) is 11.3 Å². The Bertz CT molecular complexity index is 1250. The molecule has 5 rings (SSSR count). The third-order valence-electron chi connectivity index (χ3n) is 6.86. The predicted molar refractivity (Wildman–Crippen MR) is 124 cm³/mol. The average Bonchev–Trinajstić information content (AvgIpc) is 3.57. The first-order valence-electron chi connectivity index (χ1n) is 11.5. The zero-order valence-electron chi connectivity index (χ0n) is 18.8. The minimum absolute atomic E-state index is 0.00318. The van der Waals surface area contributed by atoms with Crippen LogP contribution in [0, 0.1) is 0 Å². The maximum Gasteiger partial charge on any atom is 0.290 e. The smallest absolute Gasteiger partial charge is 0.290 e. The van der Waals surface area contributed by atoms with Gasteiger partial charge in [-0.2, -0.15) is 0 Å². The van der Waals surface area contributed by atoms with Crippen LogP contribution in [0.15, 0.2) is 64.3 Å². The second kappa shape index (κ2) is 8.43. The molecule has 33 heavy (non-hydrogen) atoms. The number of nitrogens with zero attached hydrogens (tertiary/aromatic N) is 1. The van der Waals surface area contributed by atoms with Gasteiger partial charge in [0.05, 0.1) is 18.7 Å². The molecular formula is C27H27NO5. The highest BCUT2D eigenvalue weighted by atomic mass is 16.5. The van der Waals surface area contributed by atoms with Gasteiger partial charge in [-0.25, -0.2) is 0 Å². The number of amides is 1. The van der Waals surface area contributed by atoms with Crippen LogP contribution in [0.5, 0.6) is 5.75 Å². The molecule has 1 atom stereocenters. The molecule has 1 aliphatic heterocycles. The Balaban J connectivity index is 1.61. The van der Waals surface area contributed by atoms with Crippen LogP contribution in [0.3, 0.4) is 0 Å². The summed E-state index contributed by atoms with van der Waals surface area (Å²) in [6, 6.07) is 14.3. The quantitative estimate of drug-likeness (QED) is 0.505. The molecule has 1 amide bonds. The molecule has 0 saturated heterocycles. The van der Waals surface area contributed by atoms with Crippen molar-refractivity contribution in [3.8, 4) is 5.75 Å². The SMILES string of the molecule is CCc1ccc(C2C(C(=O)c3cc4cccc(OC)c4o3)=C(O)C(=O)N2C2CCCC2)cc1. The van der Waals surface area contributed by atoms with Gasteiger partial charge in [0.1, 0.15) is 0 Å². The molecule has 170 valence electrons. The van der Waals surface area contributed by atoms with Gasteiger partial charge in [0.2, 0.25) is 5.78 Å². The summed E-state index contributed by atoms with van der Waals surface area (Å²) in [7, 11) is 1.54. The number of ketones is 1. The molecule has 6 heteroatoms. The maximum absolute atomic E-state index is 13.7. The molecule has 1 aromatic heterocycles. The van der Waals surface area contributed by atoms with E-state index in [1.165, 1.54) is 12.7 Å². The van der Waals surface area contributed by atoms with Gasteiger partial charge in [0.15, 0.2) is 22.9 Å². The lowest BCUT2D eigenvalue weighted by Crippen LogP contribution is -2.38. The molecule has 2 aliphatic rings. The molecular weight excluding hydrogens is 418 g/mol. The lowest BCUT2D eigenvalue weighted by atomic mass is 9.93. The third kappa shape index (κ3) is 3.50. The van der Waals surface area contributed by atoms with Crippen LogP contribution in [0.1, 0.15) is 60.3 Å². The van der Waals surface area contributed by atoms with E-state index in [2.05, 4.69) is 6.92 Å². The first kappa shape index (κ1) is 21.3. The normalized spacial score (nSPS) is 19.2. The molecule has 3 aromatic rings. The highest BCUT2D eigenvalue weighted by Gasteiger charge is 2.47. The molecule has 6 nitrogen and oxygen atoms in total. The Morgan fingerprint density at radius 1 is 1.15 bits per heavy atom. The minimum Gasteiger partial charge on any atom is -0.503 e. The van der Waals surface area contributed by atoms with Gasteiger partial charge in [-0.1, -0.05) is 56.2 Å². The molecule has 0 bridgehead atoms. The summed E-state index contributed by atoms with van der Waals surface area (Å²) in [5, 5.41) is 11.7. The van der Waals surface area contributed by atoms with Crippen molar-refractivity contribution in [2.45, 2.75) is 51.1 Å². The lowest BCUT2D eigenvalue weighted by molar-refractivity contribution is -0.131. The summed E-state index contributed by atoms with van der Waals surface area (Å²) < 4.78 is 11.2. The van der Waals surface area contributed by atoms with Gasteiger partial charge in [-0.15, -0.1) is 0 Å². The van der Waals surface area contributed by atoms with Crippen molar-refractivity contribution in [1.29, 1.82) is 0 Å². The van der Waals surface area contributed by atoms with E-state index in [9.17, 15) is 14.7 Å². The van der Waals surface area contributed by atoms with Gasteiger partial charge >= 0.3 is 0 Å². The Hall–Kier alpha value is -3.54. The van der Waals surface area contributed by atoms with Crippen LogP contribution in [0.4, 0.5) is 0 Å². The molecule has 1 fully saturated rings. The molecule has 0 radical (unpaired) electrons. The number of methoxy groups -OCH3 is 1. The average molecular weight is 446 g/mol. The Morgan fingerprint density at radius 3 is 2.55 bits per heavy atom. The number of benzene rings is 2. The minimum atomic E-state index is -0.644. The van der Waals surface area contributed by atoms with Crippen LogP contribution in [0.2, 0.25) is 0 Å². The van der Waals surface area contributed by atoms with Crippen LogP contribution in [-0.2, 0) is 11.2 Å². The van der Waals surface area contributed by atoms with Crippen molar-refractivity contribution in [3.63, 3.8) is 0 Å². The number of hydrogen-bond donors (Lipinski definition) is 1. The number of rotatable bonds is 6. The van der Waals surface area contributed by atoms with E-state index >= 15 is 0 Å². The van der Waals surface area contributed by atoms with Crippen molar-refractivity contribution < 1.29 is 23.8 Å². The topological polar surface area (TPSA) is 80.0 Å². The number of carbonyl (C=O) groups excluding carboxylic acids is 2. The first-order chi connectivity index (χ1) is 16.0. The number of Topliss-reactive ketones (excluding diaryl/α,β-unsaturated/α-hetero) is 1. The summed E-state index contributed by atoms with van der Waals surface area (Å²) in [4.78, 5) is 28.6. The standard InChI is InChI=1S/C27H27NO5/c1-3-16-11-13-17(14-12-16)23-22(25(30)27(31)28(23)19-8-4-5-9-19)24(29)21-15-18-7-6-10-20(32-2)26(18)33-21/h6-7,10-15,19,23,30H,3-5,8-9H2,1-2H3. The predicted octanol–water partition coefficient (Wildman–Crippen LogP) is 5.52. The molecule has 2 aromatic carbocycles. The number of para-hydroxylation sites is 1. The highest BCUT2D eigenvalue weighted by molar-refractivity contribution is 6.16. The molecule has 0 spiro atoms. The Labute approximate surface area is 192 Å². The van der Waals surface area contributed by atoms with Gasteiger partial charge in [0.25, 0.3) is 5.91 Å². The Kier molecular flexibility index (Phi) is 5.44. The van der Waals surface area contributed by atoms with E-state index < -0.39 is 23.5 Å². The zero-order valence-corrected chi connectivity index (χ0v) is 18.8. The van der Waals surface area contributed by atoms with Crippen molar-refractivity contribution in [3.05, 3.63) is 76.8 Å². The van der Waals surface area contributed by atoms with E-state index in [0.717, 1.165) is 43.1 Å². The van der Waals surface area contributed by atoms with Gasteiger partial charge in [-0.05, 0) is 42.5 Å². The van der Waals surface area contributed by atoms with Crippen molar-refractivity contribution in [1.82, 2.24) is 4.90 Å². The lowest BCUT2D eigenvalue weighted by Gasteiger charge is -2.32. The monoisotopic (exact) mass is 445 g/mol. The van der Waals surface area contributed by atoms with E-state index in [1.54, 1.807) is 17.0 Å². The number of furan rings is 1. The number of carbonyl (C=O) groups is 2. The van der Waals surface area contributed by atoms with Crippen LogP contribution >= 0.6 is 0 Å². The van der Waals surface area contributed by atoms with E-state index in [-0.39, 0.29) is 17.4 Å². The highest BCUT2D eigenvalue weighted by Crippen LogP contribution is 2.44. The number of aryl methyl sites for hydroxylation is 1. The molecule has 1 unspecified atom stereocenters. The largest absolute Gasteiger partial charge is 0.503 e. The fraction of sp³-hybridized carbons (Fsp3) is 0.333. The summed E-state index contributed by atoms with van der Waals surface area (Å²) >= 11 is 0. The third-order valence-corrected chi connectivity index (χ3v) is 6.86. The van der Waals surface area contributed by atoms with Crippen LogP contribution in [0.25, 0.3) is 11.0 Å². The van der Waals surface area contributed by atoms with Gasteiger partial charge < -0.3 is 19.2 Å². The Morgan fingerprint density at radius 2 is 1.88 bits per heavy atom. The van der Waals surface area contributed by atoms with E-state index in [1.807, 2.05) is 36.4 Å². The first-order valence-corrected chi connectivity index (χ1v) is 11.5. The number of hydrogen-bond acceptors (Lipinski definition) is 5. The van der Waals surface area contributed by atoms with Crippen molar-refractivity contribution >= 4 is 22.7 Å². The second-order valence-electron chi connectivity index (χ2n) is 8.73.